The van der Waals surface area contributed by atoms with E-state index >= 15 is 0 Å². The molecule has 0 aliphatic carbocycles. The van der Waals surface area contributed by atoms with Crippen molar-refractivity contribution >= 4 is 0 Å². The summed E-state index contributed by atoms with van der Waals surface area (Å²) < 4.78 is 10.5. The van der Waals surface area contributed by atoms with Gasteiger partial charge in [-0.15, -0.1) is 0 Å². The minimum absolute atomic E-state index is 0.350. The molecule has 2 heteroatoms. The molecule has 0 bridgehead atoms. The van der Waals surface area contributed by atoms with Gasteiger partial charge in [-0.25, -0.2) is 0 Å². The fourth-order valence-corrected chi connectivity index (χ4v) is 0.903. The summed E-state index contributed by atoms with van der Waals surface area (Å²) in [6.07, 6.45) is 8.88. The maximum atomic E-state index is 5.43. The Morgan fingerprint density at radius 2 is 2.38 bits per heavy atom. The first kappa shape index (κ1) is 10.3. The number of epoxide rings is 1. The highest BCUT2D eigenvalue weighted by atomic mass is 16.6. The number of rotatable bonds is 6. The van der Waals surface area contributed by atoms with Crippen molar-refractivity contribution in [1.82, 2.24) is 0 Å². The van der Waals surface area contributed by atoms with Crippen molar-refractivity contribution in [3.05, 3.63) is 24.0 Å². The Kier molecular flexibility index (Phi) is 4.61. The van der Waals surface area contributed by atoms with Crippen molar-refractivity contribution in [2.45, 2.75) is 32.8 Å². The van der Waals surface area contributed by atoms with E-state index in [1.165, 1.54) is 6.42 Å². The van der Waals surface area contributed by atoms with E-state index in [1.54, 1.807) is 0 Å². The lowest BCUT2D eigenvalue weighted by molar-refractivity contribution is 0.185. The number of unbranched alkanes of at least 4 members (excludes halogenated alkanes) is 1. The Balaban J connectivity index is 2.08. The molecule has 1 fully saturated rings. The minimum Gasteiger partial charge on any atom is -0.495 e. The van der Waals surface area contributed by atoms with Crippen LogP contribution in [0.15, 0.2) is 24.0 Å². The molecular formula is C11H18O2. The molecule has 0 amide bonds. The van der Waals surface area contributed by atoms with Crippen molar-refractivity contribution in [2.24, 2.45) is 0 Å². The molecule has 1 heterocycles. The van der Waals surface area contributed by atoms with Gasteiger partial charge in [0.2, 0.25) is 0 Å². The summed E-state index contributed by atoms with van der Waals surface area (Å²) in [6, 6.07) is 0. The van der Waals surface area contributed by atoms with Crippen LogP contribution >= 0.6 is 0 Å². The Morgan fingerprint density at radius 3 is 3.00 bits per heavy atom. The van der Waals surface area contributed by atoms with Gasteiger partial charge in [0, 0.05) is 0 Å². The predicted molar refractivity (Wildman–Crippen MR) is 53.5 cm³/mol. The molecule has 0 spiro atoms. The smallest absolute Gasteiger partial charge is 0.116 e. The van der Waals surface area contributed by atoms with Crippen LogP contribution in [0.25, 0.3) is 0 Å². The standard InChI is InChI=1S/C11H18O2/c1-3-4-5-6-7-10(2)12-8-11-9-13-11/h5-7,11H,3-4,8-9H2,1-2H3/b6-5-,10-7+. The summed E-state index contributed by atoms with van der Waals surface area (Å²) in [4.78, 5) is 0. The van der Waals surface area contributed by atoms with Crippen LogP contribution in [0, 0.1) is 0 Å². The van der Waals surface area contributed by atoms with Crippen LogP contribution in [-0.2, 0) is 9.47 Å². The van der Waals surface area contributed by atoms with Gasteiger partial charge in [-0.3, -0.25) is 0 Å². The van der Waals surface area contributed by atoms with Crippen LogP contribution in [0.1, 0.15) is 26.7 Å². The average Bonchev–Trinajstić information content (AvgIpc) is 2.92. The Bertz CT molecular complexity index is 190. The lowest BCUT2D eigenvalue weighted by Crippen LogP contribution is -1.98. The molecular weight excluding hydrogens is 164 g/mol. The second kappa shape index (κ2) is 5.81. The summed E-state index contributed by atoms with van der Waals surface area (Å²) in [6.45, 7) is 5.70. The van der Waals surface area contributed by atoms with Gasteiger partial charge < -0.3 is 9.47 Å². The van der Waals surface area contributed by atoms with E-state index in [1.807, 2.05) is 19.1 Å². The van der Waals surface area contributed by atoms with Crippen LogP contribution in [0.5, 0.6) is 0 Å². The molecule has 1 unspecified atom stereocenters. The third kappa shape index (κ3) is 5.47. The first-order chi connectivity index (χ1) is 6.33. The van der Waals surface area contributed by atoms with Crippen molar-refractivity contribution in [3.63, 3.8) is 0 Å². The van der Waals surface area contributed by atoms with Crippen molar-refractivity contribution in [2.75, 3.05) is 13.2 Å². The third-order valence-corrected chi connectivity index (χ3v) is 1.82. The molecule has 1 saturated heterocycles. The molecule has 0 N–H and O–H groups in total. The van der Waals surface area contributed by atoms with E-state index in [-0.39, 0.29) is 0 Å². The third-order valence-electron chi connectivity index (χ3n) is 1.82. The highest BCUT2D eigenvalue weighted by Gasteiger charge is 2.22. The number of hydrogen-bond donors (Lipinski definition) is 0. The second-order valence-electron chi connectivity index (χ2n) is 3.26. The lowest BCUT2D eigenvalue weighted by atomic mass is 10.3. The van der Waals surface area contributed by atoms with Gasteiger partial charge in [0.1, 0.15) is 12.7 Å². The predicted octanol–water partition coefficient (Wildman–Crippen LogP) is 2.66. The maximum absolute atomic E-state index is 5.43. The number of hydrogen-bond acceptors (Lipinski definition) is 2. The molecule has 1 rings (SSSR count). The highest BCUT2D eigenvalue weighted by Crippen LogP contribution is 2.10. The quantitative estimate of drug-likeness (QED) is 0.358. The topological polar surface area (TPSA) is 21.8 Å². The fraction of sp³-hybridized carbons (Fsp3) is 0.636. The summed E-state index contributed by atoms with van der Waals surface area (Å²) in [5, 5.41) is 0. The fourth-order valence-electron chi connectivity index (χ4n) is 0.903. The molecule has 13 heavy (non-hydrogen) atoms. The summed E-state index contributed by atoms with van der Waals surface area (Å²) >= 11 is 0. The van der Waals surface area contributed by atoms with Crippen molar-refractivity contribution in [1.29, 1.82) is 0 Å². The van der Waals surface area contributed by atoms with Gasteiger partial charge in [-0.1, -0.05) is 25.5 Å². The maximum Gasteiger partial charge on any atom is 0.116 e. The Labute approximate surface area is 80.2 Å². The molecule has 0 aromatic rings. The zero-order valence-electron chi connectivity index (χ0n) is 8.45. The normalized spacial score (nSPS) is 22.3. The van der Waals surface area contributed by atoms with E-state index in [4.69, 9.17) is 9.47 Å². The number of ether oxygens (including phenoxy) is 2. The number of allylic oxidation sites excluding steroid dienone is 4. The highest BCUT2D eigenvalue weighted by molar-refractivity contribution is 5.05. The zero-order valence-corrected chi connectivity index (χ0v) is 8.45. The second-order valence-corrected chi connectivity index (χ2v) is 3.26. The van der Waals surface area contributed by atoms with E-state index in [0.717, 1.165) is 18.8 Å². The molecule has 1 atom stereocenters. The Hall–Kier alpha value is -0.760. The largest absolute Gasteiger partial charge is 0.495 e. The summed E-state index contributed by atoms with van der Waals surface area (Å²) in [5.74, 6) is 0.961. The minimum atomic E-state index is 0.350. The van der Waals surface area contributed by atoms with E-state index < -0.39 is 0 Å². The van der Waals surface area contributed by atoms with Crippen molar-refractivity contribution in [3.8, 4) is 0 Å². The molecule has 0 saturated carbocycles. The molecule has 0 aromatic heterocycles. The average molecular weight is 182 g/mol. The lowest BCUT2D eigenvalue weighted by Gasteiger charge is -2.01. The summed E-state index contributed by atoms with van der Waals surface area (Å²) in [5.41, 5.74) is 0. The SMILES string of the molecule is CCC/C=C\C=C(/C)OCC1CO1. The molecule has 0 aromatic carbocycles. The molecule has 0 radical (unpaired) electrons. The zero-order chi connectivity index (χ0) is 9.52. The van der Waals surface area contributed by atoms with Crippen LogP contribution in [-0.4, -0.2) is 19.3 Å². The monoisotopic (exact) mass is 182 g/mol. The van der Waals surface area contributed by atoms with Crippen LogP contribution in [0.2, 0.25) is 0 Å². The van der Waals surface area contributed by atoms with E-state index in [9.17, 15) is 0 Å². The van der Waals surface area contributed by atoms with Gasteiger partial charge in [-0.05, 0) is 19.4 Å². The van der Waals surface area contributed by atoms with Crippen LogP contribution < -0.4 is 0 Å². The molecule has 2 nitrogen and oxygen atoms in total. The van der Waals surface area contributed by atoms with E-state index in [2.05, 4.69) is 13.0 Å². The van der Waals surface area contributed by atoms with Gasteiger partial charge >= 0.3 is 0 Å². The molecule has 1 aliphatic heterocycles. The van der Waals surface area contributed by atoms with Gasteiger partial charge in [0.05, 0.1) is 12.4 Å². The van der Waals surface area contributed by atoms with Crippen LogP contribution in [0.3, 0.4) is 0 Å². The first-order valence-corrected chi connectivity index (χ1v) is 4.90. The summed E-state index contributed by atoms with van der Waals surface area (Å²) in [7, 11) is 0. The van der Waals surface area contributed by atoms with Crippen molar-refractivity contribution < 1.29 is 9.47 Å². The van der Waals surface area contributed by atoms with Gasteiger partial charge in [0.25, 0.3) is 0 Å². The molecule has 1 aliphatic rings. The van der Waals surface area contributed by atoms with Crippen LogP contribution in [0.4, 0.5) is 0 Å². The van der Waals surface area contributed by atoms with Gasteiger partial charge in [-0.2, -0.15) is 0 Å². The first-order valence-electron chi connectivity index (χ1n) is 4.90. The van der Waals surface area contributed by atoms with Gasteiger partial charge in [0.15, 0.2) is 0 Å². The molecule has 74 valence electrons. The Morgan fingerprint density at radius 1 is 1.62 bits per heavy atom. The van der Waals surface area contributed by atoms with E-state index in [0.29, 0.717) is 12.7 Å².